The van der Waals surface area contributed by atoms with Gasteiger partial charge in [-0.2, -0.15) is 5.10 Å². The molecule has 1 atom stereocenters. The lowest BCUT2D eigenvalue weighted by Gasteiger charge is -2.30. The first-order chi connectivity index (χ1) is 17.6. The van der Waals surface area contributed by atoms with Crippen LogP contribution in [0.2, 0.25) is 0 Å². The summed E-state index contributed by atoms with van der Waals surface area (Å²) in [7, 11) is 0. The number of aromatic nitrogens is 2. The van der Waals surface area contributed by atoms with Crippen LogP contribution in [0.1, 0.15) is 57.4 Å². The van der Waals surface area contributed by atoms with Gasteiger partial charge in [0.15, 0.2) is 0 Å². The fraction of sp³-hybridized carbons (Fsp3) is 0.448. The van der Waals surface area contributed by atoms with Crippen LogP contribution in [-0.4, -0.2) is 45.5 Å². The highest BCUT2D eigenvalue weighted by Crippen LogP contribution is 2.33. The van der Waals surface area contributed by atoms with Crippen molar-refractivity contribution >= 4 is 6.03 Å². The zero-order valence-electron chi connectivity index (χ0n) is 22.4. The molecule has 1 aliphatic heterocycles. The fourth-order valence-electron chi connectivity index (χ4n) is 4.42. The second-order valence-corrected chi connectivity index (χ2v) is 10.6. The largest absolute Gasteiger partial charge is 0.439 e. The number of carbonyl (C=O) groups excluding carboxylic acids is 1. The number of hydrogen-bond acceptors (Lipinski definition) is 4. The monoisotopic (exact) mass is 508 g/mol. The molecule has 0 bridgehead atoms. The summed E-state index contributed by atoms with van der Waals surface area (Å²) in [5, 5.41) is 7.94. The number of hydrogen-bond donors (Lipinski definition) is 1. The number of amides is 2. The lowest BCUT2D eigenvalue weighted by molar-refractivity contribution is 0.0779. The Morgan fingerprint density at radius 3 is 2.62 bits per heavy atom. The van der Waals surface area contributed by atoms with Crippen molar-refractivity contribution in [1.82, 2.24) is 20.0 Å². The molecule has 7 nitrogen and oxygen atoms in total. The van der Waals surface area contributed by atoms with Crippen LogP contribution in [0.4, 0.5) is 9.18 Å². The number of ether oxygens (including phenoxy) is 2. The molecule has 198 valence electrons. The maximum absolute atomic E-state index is 13.7. The van der Waals surface area contributed by atoms with Crippen molar-refractivity contribution in [2.45, 2.75) is 72.1 Å². The Kier molecular flexibility index (Phi) is 8.17. The third kappa shape index (κ3) is 6.89. The molecule has 1 aromatic heterocycles. The number of benzene rings is 2. The van der Waals surface area contributed by atoms with E-state index in [4.69, 9.17) is 14.6 Å². The molecule has 37 heavy (non-hydrogen) atoms. The molecule has 2 amide bonds. The summed E-state index contributed by atoms with van der Waals surface area (Å²) >= 11 is 0. The Labute approximate surface area is 218 Å². The molecular weight excluding hydrogens is 471 g/mol. The molecular formula is C29H37FN4O3. The van der Waals surface area contributed by atoms with Crippen LogP contribution in [0.3, 0.4) is 0 Å². The van der Waals surface area contributed by atoms with Crippen molar-refractivity contribution in [2.24, 2.45) is 0 Å². The number of aryl methyl sites for hydroxylation is 2. The van der Waals surface area contributed by atoms with Crippen LogP contribution >= 0.6 is 0 Å². The SMILES string of the molecule is CCc1nn(-c2ccc(F)cc2)c(Oc2cccc(C)c2)c1CN(CC1CCCO1)C(=O)NC(C)(C)C. The molecule has 0 saturated carbocycles. The van der Waals surface area contributed by atoms with Crippen LogP contribution in [0.15, 0.2) is 48.5 Å². The zero-order chi connectivity index (χ0) is 26.6. The summed E-state index contributed by atoms with van der Waals surface area (Å²) in [6, 6.07) is 13.8. The van der Waals surface area contributed by atoms with E-state index < -0.39 is 5.54 Å². The molecule has 1 N–H and O–H groups in total. The van der Waals surface area contributed by atoms with Crippen molar-refractivity contribution in [3.05, 3.63) is 71.2 Å². The van der Waals surface area contributed by atoms with Crippen molar-refractivity contribution in [2.75, 3.05) is 13.2 Å². The summed E-state index contributed by atoms with van der Waals surface area (Å²) in [5.74, 6) is 0.849. The summed E-state index contributed by atoms with van der Waals surface area (Å²) in [4.78, 5) is 15.2. The standard InChI is InChI=1S/C29H37FN4O3/c1-6-26-25(19-33(18-24-11-8-16-36-24)28(35)31-29(3,4)5)27(37-23-10-7-9-20(2)17-23)34(32-26)22-14-12-21(30)13-15-22/h7,9-10,12-15,17,24H,6,8,11,16,18-19H2,1-5H3,(H,31,35). The molecule has 8 heteroatoms. The average Bonchev–Trinajstić information content (AvgIpc) is 3.46. The first-order valence-corrected chi connectivity index (χ1v) is 12.9. The number of carbonyl (C=O) groups is 1. The number of urea groups is 1. The van der Waals surface area contributed by atoms with Crippen LogP contribution in [0.25, 0.3) is 5.69 Å². The van der Waals surface area contributed by atoms with E-state index in [1.807, 2.05) is 58.9 Å². The van der Waals surface area contributed by atoms with Gasteiger partial charge in [0.25, 0.3) is 0 Å². The molecule has 0 radical (unpaired) electrons. The molecule has 1 unspecified atom stereocenters. The molecule has 1 aliphatic rings. The summed E-state index contributed by atoms with van der Waals surface area (Å²) < 4.78 is 27.7. The van der Waals surface area contributed by atoms with Crippen molar-refractivity contribution in [3.63, 3.8) is 0 Å². The molecule has 2 aromatic carbocycles. The van der Waals surface area contributed by atoms with Gasteiger partial charge in [-0.05, 0) is 88.9 Å². The van der Waals surface area contributed by atoms with Crippen LogP contribution in [0.5, 0.6) is 11.6 Å². The van der Waals surface area contributed by atoms with Crippen LogP contribution < -0.4 is 10.1 Å². The highest BCUT2D eigenvalue weighted by atomic mass is 19.1. The molecule has 1 saturated heterocycles. The second kappa shape index (κ2) is 11.3. The van der Waals surface area contributed by atoms with Gasteiger partial charge >= 0.3 is 6.03 Å². The second-order valence-electron chi connectivity index (χ2n) is 10.6. The smallest absolute Gasteiger partial charge is 0.318 e. The molecule has 4 rings (SSSR count). The van der Waals surface area contributed by atoms with Gasteiger partial charge < -0.3 is 19.7 Å². The van der Waals surface area contributed by atoms with E-state index in [-0.39, 0.29) is 18.0 Å². The van der Waals surface area contributed by atoms with E-state index in [1.165, 1.54) is 12.1 Å². The molecule has 0 aliphatic carbocycles. The van der Waals surface area contributed by atoms with Crippen LogP contribution in [-0.2, 0) is 17.7 Å². The Bertz CT molecular complexity index is 1210. The van der Waals surface area contributed by atoms with Crippen molar-refractivity contribution < 1.29 is 18.7 Å². The lowest BCUT2D eigenvalue weighted by Crippen LogP contribution is -2.50. The summed E-state index contributed by atoms with van der Waals surface area (Å²) in [6.45, 7) is 11.4. The topological polar surface area (TPSA) is 68.6 Å². The maximum Gasteiger partial charge on any atom is 0.318 e. The highest BCUT2D eigenvalue weighted by molar-refractivity contribution is 5.75. The zero-order valence-corrected chi connectivity index (χ0v) is 22.4. The van der Waals surface area contributed by atoms with Gasteiger partial charge in [0.2, 0.25) is 5.88 Å². The maximum atomic E-state index is 13.7. The van der Waals surface area contributed by atoms with E-state index in [0.29, 0.717) is 43.4 Å². The highest BCUT2D eigenvalue weighted by Gasteiger charge is 2.29. The van der Waals surface area contributed by atoms with E-state index in [9.17, 15) is 9.18 Å². The Balaban J connectivity index is 1.77. The predicted molar refractivity (Wildman–Crippen MR) is 142 cm³/mol. The van der Waals surface area contributed by atoms with E-state index in [1.54, 1.807) is 21.7 Å². The van der Waals surface area contributed by atoms with Gasteiger partial charge in [0, 0.05) is 18.7 Å². The molecule has 1 fully saturated rings. The third-order valence-electron chi connectivity index (χ3n) is 6.20. The third-order valence-corrected chi connectivity index (χ3v) is 6.20. The van der Waals surface area contributed by atoms with E-state index >= 15 is 0 Å². The van der Waals surface area contributed by atoms with Gasteiger partial charge in [0.05, 0.1) is 29.6 Å². The minimum absolute atomic E-state index is 0.0101. The van der Waals surface area contributed by atoms with Crippen molar-refractivity contribution in [1.29, 1.82) is 0 Å². The normalized spacial score (nSPS) is 15.6. The minimum Gasteiger partial charge on any atom is -0.439 e. The first-order valence-electron chi connectivity index (χ1n) is 12.9. The Hall–Kier alpha value is -3.39. The van der Waals surface area contributed by atoms with Crippen LogP contribution in [0, 0.1) is 12.7 Å². The predicted octanol–water partition coefficient (Wildman–Crippen LogP) is 6.16. The van der Waals surface area contributed by atoms with E-state index in [0.717, 1.165) is 29.7 Å². The number of halogens is 1. The quantitative estimate of drug-likeness (QED) is 0.395. The van der Waals surface area contributed by atoms with Gasteiger partial charge in [-0.25, -0.2) is 13.9 Å². The Morgan fingerprint density at radius 1 is 1.24 bits per heavy atom. The van der Waals surface area contributed by atoms with Gasteiger partial charge in [-0.15, -0.1) is 0 Å². The summed E-state index contributed by atoms with van der Waals surface area (Å²) in [5.41, 5.74) is 2.98. The molecule has 2 heterocycles. The Morgan fingerprint density at radius 2 is 2.00 bits per heavy atom. The van der Waals surface area contributed by atoms with E-state index in [2.05, 4.69) is 5.32 Å². The lowest BCUT2D eigenvalue weighted by atomic mass is 10.1. The van der Waals surface area contributed by atoms with Gasteiger partial charge in [0.1, 0.15) is 11.6 Å². The summed E-state index contributed by atoms with van der Waals surface area (Å²) in [6.07, 6.45) is 2.54. The fourth-order valence-corrected chi connectivity index (χ4v) is 4.42. The number of rotatable bonds is 8. The first kappa shape index (κ1) is 26.7. The van der Waals surface area contributed by atoms with Gasteiger partial charge in [-0.3, -0.25) is 0 Å². The minimum atomic E-state index is -0.390. The number of nitrogens with one attached hydrogen (secondary N) is 1. The molecule has 3 aromatic rings. The number of nitrogens with zero attached hydrogens (tertiary/aromatic N) is 3. The molecule has 0 spiro atoms. The van der Waals surface area contributed by atoms with Gasteiger partial charge in [-0.1, -0.05) is 19.1 Å². The van der Waals surface area contributed by atoms with Crippen molar-refractivity contribution in [3.8, 4) is 17.3 Å². The average molecular weight is 509 g/mol.